The molecule has 1 nitrogen and oxygen atoms in total. The summed E-state index contributed by atoms with van der Waals surface area (Å²) in [5.74, 6) is 0.624. The number of nitrogens with zero attached hydrogens (tertiary/aromatic N) is 1. The molecule has 1 rings (SSSR count). The number of hydrogen-bond donors (Lipinski definition) is 0. The summed E-state index contributed by atoms with van der Waals surface area (Å²) in [4.78, 5) is 2.32. The van der Waals surface area contributed by atoms with Gasteiger partial charge in [-0.15, -0.1) is 0 Å². The fourth-order valence-electron chi connectivity index (χ4n) is 2.31. The first-order valence-electron chi connectivity index (χ1n) is 7.88. The molecule has 21 heavy (non-hydrogen) atoms. The summed E-state index contributed by atoms with van der Waals surface area (Å²) in [6.45, 7) is 8.95. The average Bonchev–Trinajstić information content (AvgIpc) is 2.85. The van der Waals surface area contributed by atoms with Gasteiger partial charge in [0.25, 0.3) is 0 Å². The Morgan fingerprint density at radius 3 is 2.62 bits per heavy atom. The molecule has 0 heterocycles. The molecule has 2 heteroatoms. The Hall–Kier alpha value is -0.561. The topological polar surface area (TPSA) is 3.24 Å². The van der Waals surface area contributed by atoms with Crippen molar-refractivity contribution in [1.29, 1.82) is 0 Å². The summed E-state index contributed by atoms with van der Waals surface area (Å²) in [6.07, 6.45) is 14.1. The van der Waals surface area contributed by atoms with Crippen LogP contribution in [0.3, 0.4) is 0 Å². The van der Waals surface area contributed by atoms with Crippen molar-refractivity contribution in [3.8, 4) is 0 Å². The molecule has 0 saturated heterocycles. The molecular formula is C19H31NSe. The molecule has 118 valence electrons. The fraction of sp³-hybridized carbons (Fsp3) is 0.579. The van der Waals surface area contributed by atoms with Crippen molar-refractivity contribution >= 4 is 15.0 Å². The molecule has 0 spiro atoms. The van der Waals surface area contributed by atoms with Gasteiger partial charge >= 0.3 is 138 Å². The van der Waals surface area contributed by atoms with Crippen molar-refractivity contribution in [2.24, 2.45) is 5.92 Å². The van der Waals surface area contributed by atoms with E-state index >= 15 is 0 Å². The van der Waals surface area contributed by atoms with Crippen LogP contribution >= 0.6 is 0 Å². The van der Waals surface area contributed by atoms with Crippen molar-refractivity contribution in [2.45, 2.75) is 51.9 Å². The van der Waals surface area contributed by atoms with Gasteiger partial charge in [0.2, 0.25) is 0 Å². The first-order valence-corrected chi connectivity index (χ1v) is 9.95. The summed E-state index contributed by atoms with van der Waals surface area (Å²) in [6, 6.07) is 0.597. The second-order valence-corrected chi connectivity index (χ2v) is 8.66. The third-order valence-electron chi connectivity index (χ3n) is 4.01. The monoisotopic (exact) mass is 353 g/mol. The number of hydrogen-bond acceptors (Lipinski definition) is 1. The molecule has 0 aromatic rings. The van der Waals surface area contributed by atoms with Gasteiger partial charge in [-0.3, -0.25) is 0 Å². The van der Waals surface area contributed by atoms with Gasteiger partial charge in [0.15, 0.2) is 0 Å². The predicted molar refractivity (Wildman–Crippen MR) is 96.8 cm³/mol. The van der Waals surface area contributed by atoms with Gasteiger partial charge in [-0.25, -0.2) is 0 Å². The van der Waals surface area contributed by atoms with Crippen LogP contribution in [-0.2, 0) is 0 Å². The fourth-order valence-corrected chi connectivity index (χ4v) is 4.83. The van der Waals surface area contributed by atoms with Crippen molar-refractivity contribution in [3.05, 3.63) is 46.0 Å². The van der Waals surface area contributed by atoms with Crippen LogP contribution in [0.1, 0.15) is 40.5 Å². The zero-order valence-electron chi connectivity index (χ0n) is 14.5. The molecule has 2 atom stereocenters. The van der Waals surface area contributed by atoms with Crippen LogP contribution in [0.25, 0.3) is 0 Å². The van der Waals surface area contributed by atoms with Crippen LogP contribution in [0.15, 0.2) is 46.0 Å². The van der Waals surface area contributed by atoms with E-state index in [1.165, 1.54) is 29.3 Å². The molecule has 0 amide bonds. The Morgan fingerprint density at radius 2 is 2.00 bits per heavy atom. The SMILES string of the molecule is CC(C)=CCC/C(C)=C/C[Se]C1=CC=CC1[C@H](C)N(C)C. The quantitative estimate of drug-likeness (QED) is 0.447. The molecule has 0 aliphatic heterocycles. The first-order chi connectivity index (χ1) is 9.91. The van der Waals surface area contributed by atoms with Crippen LogP contribution in [0.2, 0.25) is 5.32 Å². The van der Waals surface area contributed by atoms with Gasteiger partial charge in [-0.1, -0.05) is 0 Å². The van der Waals surface area contributed by atoms with Gasteiger partial charge in [-0.05, 0) is 0 Å². The van der Waals surface area contributed by atoms with E-state index in [4.69, 9.17) is 0 Å². The Kier molecular flexibility index (Phi) is 8.32. The van der Waals surface area contributed by atoms with Crippen LogP contribution in [-0.4, -0.2) is 40.0 Å². The van der Waals surface area contributed by atoms with Gasteiger partial charge in [0, 0.05) is 0 Å². The minimum atomic E-state index is 0.593. The summed E-state index contributed by atoms with van der Waals surface area (Å²) < 4.78 is 1.65. The van der Waals surface area contributed by atoms with E-state index in [0.29, 0.717) is 26.9 Å². The second kappa shape index (κ2) is 9.46. The molecule has 0 bridgehead atoms. The van der Waals surface area contributed by atoms with Gasteiger partial charge < -0.3 is 0 Å². The molecular weight excluding hydrogens is 321 g/mol. The third-order valence-corrected chi connectivity index (χ3v) is 6.27. The van der Waals surface area contributed by atoms with Gasteiger partial charge in [-0.2, -0.15) is 0 Å². The Morgan fingerprint density at radius 1 is 1.29 bits per heavy atom. The maximum atomic E-state index is 2.45. The summed E-state index contributed by atoms with van der Waals surface area (Å²) in [5.41, 5.74) is 2.97. The van der Waals surface area contributed by atoms with Crippen molar-refractivity contribution in [1.82, 2.24) is 4.90 Å². The van der Waals surface area contributed by atoms with Crippen molar-refractivity contribution in [2.75, 3.05) is 14.1 Å². The van der Waals surface area contributed by atoms with Crippen LogP contribution in [0, 0.1) is 5.92 Å². The van der Waals surface area contributed by atoms with E-state index in [9.17, 15) is 0 Å². The Bertz CT molecular complexity index is 436. The molecule has 0 fully saturated rings. The maximum absolute atomic E-state index is 2.45. The molecule has 0 N–H and O–H groups in total. The standard InChI is InChI=1S/C19H31NSe/c1-15(2)9-7-10-16(3)13-14-21-19-12-8-11-18(19)17(4)20(5)6/h8-9,11-13,17-18H,7,10,14H2,1-6H3/b16-13+/t17-,18?/m0/s1. The van der Waals surface area contributed by atoms with E-state index in [1.807, 2.05) is 0 Å². The van der Waals surface area contributed by atoms with E-state index in [-0.39, 0.29) is 0 Å². The normalized spacial score (nSPS) is 19.9. The van der Waals surface area contributed by atoms with Crippen molar-refractivity contribution in [3.63, 3.8) is 0 Å². The second-order valence-electron chi connectivity index (χ2n) is 6.37. The summed E-state index contributed by atoms with van der Waals surface area (Å²) in [5, 5.41) is 1.23. The van der Waals surface area contributed by atoms with E-state index in [2.05, 4.69) is 77.1 Å². The van der Waals surface area contributed by atoms with Crippen LogP contribution in [0.4, 0.5) is 0 Å². The van der Waals surface area contributed by atoms with E-state index in [0.717, 1.165) is 0 Å². The van der Waals surface area contributed by atoms with E-state index in [1.54, 1.807) is 4.47 Å². The van der Waals surface area contributed by atoms with E-state index < -0.39 is 0 Å². The average molecular weight is 352 g/mol. The van der Waals surface area contributed by atoms with Crippen molar-refractivity contribution < 1.29 is 0 Å². The van der Waals surface area contributed by atoms with Gasteiger partial charge in [0.05, 0.1) is 0 Å². The third kappa shape index (κ3) is 6.82. The molecule has 0 aromatic heterocycles. The molecule has 1 aliphatic rings. The summed E-state index contributed by atoms with van der Waals surface area (Å²) in [7, 11) is 4.35. The molecule has 1 unspecified atom stereocenters. The molecule has 1 aliphatic carbocycles. The zero-order valence-corrected chi connectivity index (χ0v) is 16.2. The predicted octanol–water partition coefficient (Wildman–Crippen LogP) is 4.82. The molecule has 0 radical (unpaired) electrons. The zero-order chi connectivity index (χ0) is 15.8. The molecule has 0 saturated carbocycles. The summed E-state index contributed by atoms with van der Waals surface area (Å²) >= 11 is 0.593. The number of allylic oxidation sites excluding steroid dienone is 6. The Balaban J connectivity index is 2.39. The van der Waals surface area contributed by atoms with Crippen LogP contribution < -0.4 is 0 Å². The van der Waals surface area contributed by atoms with Crippen LogP contribution in [0.5, 0.6) is 0 Å². The Labute approximate surface area is 138 Å². The minimum absolute atomic E-state index is 0.593. The number of rotatable bonds is 8. The molecule has 0 aromatic carbocycles. The first kappa shape index (κ1) is 18.5. The van der Waals surface area contributed by atoms with Gasteiger partial charge in [0.1, 0.15) is 0 Å².